The van der Waals surface area contributed by atoms with Gasteiger partial charge in [-0.25, -0.2) is 14.6 Å². The lowest BCUT2D eigenvalue weighted by Gasteiger charge is -2.13. The van der Waals surface area contributed by atoms with Gasteiger partial charge in [0, 0.05) is 11.6 Å². The van der Waals surface area contributed by atoms with Crippen molar-refractivity contribution in [2.45, 2.75) is 59.4 Å². The van der Waals surface area contributed by atoms with E-state index in [9.17, 15) is 14.4 Å². The van der Waals surface area contributed by atoms with Crippen molar-refractivity contribution in [3.8, 4) is 27.4 Å². The summed E-state index contributed by atoms with van der Waals surface area (Å²) in [4.78, 5) is 42.3. The van der Waals surface area contributed by atoms with Gasteiger partial charge >= 0.3 is 11.9 Å². The molecule has 1 N–H and O–H groups in total. The summed E-state index contributed by atoms with van der Waals surface area (Å²) < 4.78 is 15.6. The number of thiazole rings is 1. The number of benzene rings is 3. The Morgan fingerprint density at radius 3 is 2.19 bits per heavy atom. The van der Waals surface area contributed by atoms with Crippen LogP contribution in [0.5, 0.6) is 5.75 Å². The van der Waals surface area contributed by atoms with Gasteiger partial charge in [-0.15, -0.1) is 11.3 Å². The Bertz CT molecular complexity index is 1640. The molecule has 1 amide bonds. The number of nitrogens with one attached hydrogen (secondary N) is 1. The molecule has 3 aromatic carbocycles. The number of unbranched alkanes of at least 4 members (excludes halogenated alkanes) is 2. The first kappa shape index (κ1) is 35.1. The number of carbonyl (C=O) groups excluding carboxylic acids is 3. The van der Waals surface area contributed by atoms with Gasteiger partial charge in [0.2, 0.25) is 10.9 Å². The molecule has 246 valence electrons. The highest BCUT2D eigenvalue weighted by Gasteiger charge is 2.20. The highest BCUT2D eigenvalue weighted by atomic mass is 32.1. The molecular formula is C38H42N2O6S. The van der Waals surface area contributed by atoms with Crippen molar-refractivity contribution in [3.05, 3.63) is 101 Å². The fourth-order valence-corrected chi connectivity index (χ4v) is 5.85. The first-order chi connectivity index (χ1) is 22.8. The zero-order valence-corrected chi connectivity index (χ0v) is 28.2. The number of carbonyl (C=O) groups is 3. The van der Waals surface area contributed by atoms with Crippen LogP contribution in [0.1, 0.15) is 79.5 Å². The van der Waals surface area contributed by atoms with Crippen molar-refractivity contribution < 1.29 is 28.6 Å². The average molecular weight is 655 g/mol. The van der Waals surface area contributed by atoms with E-state index in [1.807, 2.05) is 43.3 Å². The van der Waals surface area contributed by atoms with Crippen molar-refractivity contribution in [1.29, 1.82) is 0 Å². The molecule has 0 saturated carbocycles. The minimum absolute atomic E-state index is 0.115. The van der Waals surface area contributed by atoms with E-state index in [2.05, 4.69) is 41.5 Å². The molecule has 1 heterocycles. The molecule has 1 atom stereocenters. The largest absolute Gasteiger partial charge is 0.482 e. The number of rotatable bonds is 16. The van der Waals surface area contributed by atoms with Crippen LogP contribution in [0.4, 0.5) is 0 Å². The van der Waals surface area contributed by atoms with Crippen LogP contribution in [0, 0.1) is 0 Å². The SMILES string of the molecule is CCCCCc1ccc(C(C)NC(=O)C=Cc2ccc(-c3sc(C(=O)OCC)nc3-c3ccc(OCC(=O)OCC)cc3)cc2)cc1. The molecule has 0 aliphatic rings. The Balaban J connectivity index is 1.44. The van der Waals surface area contributed by atoms with Gasteiger partial charge < -0.3 is 19.5 Å². The summed E-state index contributed by atoms with van der Waals surface area (Å²) in [5.74, 6) is -0.590. The lowest BCUT2D eigenvalue weighted by molar-refractivity contribution is -0.145. The summed E-state index contributed by atoms with van der Waals surface area (Å²) in [5.41, 5.74) is 5.51. The highest BCUT2D eigenvalue weighted by Crippen LogP contribution is 2.38. The molecule has 0 aliphatic carbocycles. The molecule has 8 nitrogen and oxygen atoms in total. The second-order valence-corrected chi connectivity index (χ2v) is 11.9. The minimum Gasteiger partial charge on any atom is -0.482 e. The number of esters is 2. The Labute approximate surface area is 280 Å². The summed E-state index contributed by atoms with van der Waals surface area (Å²) in [7, 11) is 0. The van der Waals surface area contributed by atoms with E-state index in [1.54, 1.807) is 32.1 Å². The first-order valence-corrected chi connectivity index (χ1v) is 16.9. The molecule has 9 heteroatoms. The predicted molar refractivity (Wildman–Crippen MR) is 186 cm³/mol. The average Bonchev–Trinajstić information content (AvgIpc) is 3.53. The van der Waals surface area contributed by atoms with Gasteiger partial charge in [0.1, 0.15) is 5.75 Å². The van der Waals surface area contributed by atoms with Crippen molar-refractivity contribution in [2.75, 3.05) is 19.8 Å². The van der Waals surface area contributed by atoms with Gasteiger partial charge in [-0.05, 0) is 86.2 Å². The third-order valence-corrected chi connectivity index (χ3v) is 8.46. The van der Waals surface area contributed by atoms with Crippen LogP contribution in [0.2, 0.25) is 0 Å². The summed E-state index contributed by atoms with van der Waals surface area (Å²) >= 11 is 1.25. The molecule has 4 aromatic rings. The van der Waals surface area contributed by atoms with E-state index in [0.717, 1.165) is 33.6 Å². The fourth-order valence-electron chi connectivity index (χ4n) is 4.86. The second kappa shape index (κ2) is 17.8. The maximum absolute atomic E-state index is 12.7. The van der Waals surface area contributed by atoms with Gasteiger partial charge in [-0.1, -0.05) is 68.3 Å². The molecule has 1 unspecified atom stereocenters. The summed E-state index contributed by atoms with van der Waals surface area (Å²) in [5, 5.41) is 3.29. The zero-order valence-electron chi connectivity index (χ0n) is 27.4. The lowest BCUT2D eigenvalue weighted by Crippen LogP contribution is -2.24. The van der Waals surface area contributed by atoms with Crippen molar-refractivity contribution in [2.24, 2.45) is 0 Å². The van der Waals surface area contributed by atoms with E-state index in [4.69, 9.17) is 14.2 Å². The molecule has 0 radical (unpaired) electrons. The third-order valence-electron chi connectivity index (χ3n) is 7.37. The van der Waals surface area contributed by atoms with Crippen LogP contribution in [0.3, 0.4) is 0 Å². The van der Waals surface area contributed by atoms with E-state index < -0.39 is 11.9 Å². The first-order valence-electron chi connectivity index (χ1n) is 16.1. The number of nitrogens with zero attached hydrogens (tertiary/aromatic N) is 1. The predicted octanol–water partition coefficient (Wildman–Crippen LogP) is 8.22. The Morgan fingerprint density at radius 1 is 0.851 bits per heavy atom. The molecule has 4 rings (SSSR count). The molecule has 0 fully saturated rings. The standard InChI is InChI=1S/C38H42N2O6S/c1-5-8-9-10-27-11-16-29(17-12-27)26(4)39-33(41)24-15-28-13-18-31(19-14-28)36-35(40-37(47-36)38(43)45-7-3)30-20-22-32(23-21-30)46-25-34(42)44-6-2/h11-24,26H,5-10,25H2,1-4H3,(H,39,41). The third kappa shape index (κ3) is 10.4. The number of ether oxygens (including phenoxy) is 3. The van der Waals surface area contributed by atoms with E-state index >= 15 is 0 Å². The topological polar surface area (TPSA) is 104 Å². The van der Waals surface area contributed by atoms with Crippen LogP contribution in [0.15, 0.2) is 78.9 Å². The minimum atomic E-state index is -0.484. The zero-order chi connectivity index (χ0) is 33.6. The van der Waals surface area contributed by atoms with Crippen LogP contribution in [-0.4, -0.2) is 42.7 Å². The van der Waals surface area contributed by atoms with E-state index in [0.29, 0.717) is 11.4 Å². The Kier molecular flexibility index (Phi) is 13.3. The monoisotopic (exact) mass is 654 g/mol. The number of aryl methyl sites for hydroxylation is 1. The molecule has 0 bridgehead atoms. The number of amides is 1. The Hall–Kier alpha value is -4.76. The van der Waals surface area contributed by atoms with Crippen LogP contribution in [-0.2, 0) is 25.5 Å². The van der Waals surface area contributed by atoms with Gasteiger partial charge in [-0.3, -0.25) is 4.79 Å². The maximum Gasteiger partial charge on any atom is 0.367 e. The highest BCUT2D eigenvalue weighted by molar-refractivity contribution is 7.17. The summed E-state index contributed by atoms with van der Waals surface area (Å²) in [6.45, 7) is 8.03. The summed E-state index contributed by atoms with van der Waals surface area (Å²) in [6, 6.07) is 23.2. The van der Waals surface area contributed by atoms with Gasteiger partial charge in [0.05, 0.1) is 29.8 Å². The quantitative estimate of drug-likeness (QED) is 0.0738. The molecule has 0 aliphatic heterocycles. The Morgan fingerprint density at radius 2 is 1.53 bits per heavy atom. The van der Waals surface area contributed by atoms with Crippen molar-refractivity contribution in [3.63, 3.8) is 0 Å². The van der Waals surface area contributed by atoms with E-state index in [-0.39, 0.29) is 36.8 Å². The maximum atomic E-state index is 12.7. The fraction of sp³-hybridized carbons (Fsp3) is 0.316. The van der Waals surface area contributed by atoms with Crippen LogP contribution < -0.4 is 10.1 Å². The van der Waals surface area contributed by atoms with Gasteiger partial charge in [-0.2, -0.15) is 0 Å². The van der Waals surface area contributed by atoms with Crippen molar-refractivity contribution >= 4 is 35.3 Å². The number of aromatic nitrogens is 1. The van der Waals surface area contributed by atoms with Crippen LogP contribution >= 0.6 is 11.3 Å². The van der Waals surface area contributed by atoms with Gasteiger partial charge in [0.25, 0.3) is 0 Å². The number of hydrogen-bond donors (Lipinski definition) is 1. The lowest BCUT2D eigenvalue weighted by atomic mass is 10.0. The molecule has 0 saturated heterocycles. The second-order valence-electron chi connectivity index (χ2n) is 10.9. The molecule has 1 aromatic heterocycles. The summed E-state index contributed by atoms with van der Waals surface area (Å²) in [6.07, 6.45) is 8.02. The molecule has 47 heavy (non-hydrogen) atoms. The van der Waals surface area contributed by atoms with Crippen LogP contribution in [0.25, 0.3) is 27.8 Å². The van der Waals surface area contributed by atoms with E-state index in [1.165, 1.54) is 42.2 Å². The molecule has 0 spiro atoms. The molecular weight excluding hydrogens is 612 g/mol. The number of hydrogen-bond acceptors (Lipinski definition) is 8. The van der Waals surface area contributed by atoms with Gasteiger partial charge in [0.15, 0.2) is 6.61 Å². The smallest absolute Gasteiger partial charge is 0.367 e. The van der Waals surface area contributed by atoms with Crippen molar-refractivity contribution in [1.82, 2.24) is 10.3 Å². The normalized spacial score (nSPS) is 11.7.